The third kappa shape index (κ3) is 4.49. The smallest absolute Gasteiger partial charge is 0.238 e. The normalized spacial score (nSPS) is 18.5. The van der Waals surface area contributed by atoms with Crippen molar-refractivity contribution in [2.45, 2.75) is 26.8 Å². The Bertz CT molecular complexity index is 579. The van der Waals surface area contributed by atoms with Crippen molar-refractivity contribution in [3.05, 3.63) is 23.0 Å². The Kier molecular flexibility index (Phi) is 5.68. The van der Waals surface area contributed by atoms with Crippen LogP contribution in [0.5, 0.6) is 0 Å². The van der Waals surface area contributed by atoms with Crippen LogP contribution < -0.4 is 16.0 Å². The first kappa shape index (κ1) is 17.4. The predicted molar refractivity (Wildman–Crippen MR) is 89.4 cm³/mol. The number of anilines is 1. The molecule has 1 fully saturated rings. The lowest BCUT2D eigenvalue weighted by Gasteiger charge is -2.32. The number of hydrogen-bond acceptors (Lipinski definition) is 5. The highest BCUT2D eigenvalue weighted by atomic mass is 16.2. The molecule has 3 N–H and O–H groups in total. The molecule has 2 rings (SSSR count). The molecule has 1 aromatic heterocycles. The fourth-order valence-electron chi connectivity index (χ4n) is 2.90. The van der Waals surface area contributed by atoms with Crippen LogP contribution in [0.4, 0.5) is 5.69 Å². The van der Waals surface area contributed by atoms with Gasteiger partial charge >= 0.3 is 0 Å². The Morgan fingerprint density at radius 2 is 2.13 bits per heavy atom. The standard InChI is InChI=1S/C16H25N5O2/c1-10-7-11(2)19-12(3)15(10)20-14(22)9-21-6-5-18-13(8-21)16(23)17-4/h7,13,18H,5-6,8-9H2,1-4H3,(H,17,23)(H,20,22). The summed E-state index contributed by atoms with van der Waals surface area (Å²) in [7, 11) is 1.62. The van der Waals surface area contributed by atoms with Crippen LogP contribution in [-0.4, -0.2) is 61.0 Å². The Morgan fingerprint density at radius 3 is 2.78 bits per heavy atom. The van der Waals surface area contributed by atoms with Crippen molar-refractivity contribution in [3.8, 4) is 0 Å². The van der Waals surface area contributed by atoms with E-state index in [1.165, 1.54) is 0 Å². The summed E-state index contributed by atoms with van der Waals surface area (Å²) in [5.41, 5.74) is 3.54. The molecule has 0 aliphatic carbocycles. The molecule has 2 amide bonds. The average Bonchev–Trinajstić information content (AvgIpc) is 2.50. The maximum absolute atomic E-state index is 12.3. The highest BCUT2D eigenvalue weighted by Gasteiger charge is 2.25. The SMILES string of the molecule is CNC(=O)C1CN(CC(=O)Nc2c(C)cc(C)nc2C)CCN1. The van der Waals surface area contributed by atoms with E-state index < -0.39 is 0 Å². The summed E-state index contributed by atoms with van der Waals surface area (Å²) in [6, 6.07) is 1.68. The molecule has 23 heavy (non-hydrogen) atoms. The summed E-state index contributed by atoms with van der Waals surface area (Å²) < 4.78 is 0. The molecule has 0 aromatic carbocycles. The fourth-order valence-corrected chi connectivity index (χ4v) is 2.90. The number of hydrogen-bond donors (Lipinski definition) is 3. The number of carbonyl (C=O) groups excluding carboxylic acids is 2. The van der Waals surface area contributed by atoms with Crippen molar-refractivity contribution in [1.82, 2.24) is 20.5 Å². The highest BCUT2D eigenvalue weighted by molar-refractivity contribution is 5.93. The van der Waals surface area contributed by atoms with E-state index in [-0.39, 0.29) is 24.4 Å². The Morgan fingerprint density at radius 1 is 1.39 bits per heavy atom. The molecule has 1 aromatic rings. The molecule has 0 radical (unpaired) electrons. The summed E-state index contributed by atoms with van der Waals surface area (Å²) in [5.74, 6) is -0.135. The third-order valence-corrected chi connectivity index (χ3v) is 3.98. The molecule has 1 unspecified atom stereocenters. The fraction of sp³-hybridized carbons (Fsp3) is 0.562. The van der Waals surface area contributed by atoms with Crippen LogP contribution in [0.15, 0.2) is 6.07 Å². The molecule has 1 atom stereocenters. The van der Waals surface area contributed by atoms with E-state index in [0.717, 1.165) is 29.2 Å². The number of rotatable bonds is 4. The summed E-state index contributed by atoms with van der Waals surface area (Å²) >= 11 is 0. The minimum absolute atomic E-state index is 0.0514. The first-order valence-electron chi connectivity index (χ1n) is 7.82. The van der Waals surface area contributed by atoms with Crippen molar-refractivity contribution < 1.29 is 9.59 Å². The van der Waals surface area contributed by atoms with E-state index in [1.54, 1.807) is 7.05 Å². The average molecular weight is 319 g/mol. The zero-order chi connectivity index (χ0) is 17.0. The molecule has 0 bridgehead atoms. The predicted octanol–water partition coefficient (Wildman–Crippen LogP) is -0.0348. The Balaban J connectivity index is 1.96. The van der Waals surface area contributed by atoms with Gasteiger partial charge in [-0.1, -0.05) is 0 Å². The zero-order valence-corrected chi connectivity index (χ0v) is 14.2. The lowest BCUT2D eigenvalue weighted by atomic mass is 10.1. The summed E-state index contributed by atoms with van der Waals surface area (Å²) in [6.07, 6.45) is 0. The van der Waals surface area contributed by atoms with Gasteiger partial charge in [-0.15, -0.1) is 0 Å². The lowest BCUT2D eigenvalue weighted by Crippen LogP contribution is -2.57. The van der Waals surface area contributed by atoms with Gasteiger partial charge in [0.2, 0.25) is 11.8 Å². The second kappa shape index (κ2) is 7.52. The molecule has 7 nitrogen and oxygen atoms in total. The minimum atomic E-state index is -0.272. The van der Waals surface area contributed by atoms with Crippen LogP contribution >= 0.6 is 0 Å². The van der Waals surface area contributed by atoms with E-state index in [0.29, 0.717) is 13.1 Å². The number of nitrogens with one attached hydrogen (secondary N) is 3. The van der Waals surface area contributed by atoms with Gasteiger partial charge in [0, 0.05) is 32.4 Å². The van der Waals surface area contributed by atoms with Crippen molar-refractivity contribution in [1.29, 1.82) is 0 Å². The van der Waals surface area contributed by atoms with Gasteiger partial charge in [0.25, 0.3) is 0 Å². The van der Waals surface area contributed by atoms with Crippen molar-refractivity contribution >= 4 is 17.5 Å². The van der Waals surface area contributed by atoms with Crippen LogP contribution in [0.1, 0.15) is 17.0 Å². The number of piperazine rings is 1. The first-order valence-corrected chi connectivity index (χ1v) is 7.82. The molecule has 1 aliphatic rings. The molecule has 1 aliphatic heterocycles. The Hall–Kier alpha value is -1.99. The van der Waals surface area contributed by atoms with E-state index in [1.807, 2.05) is 31.7 Å². The van der Waals surface area contributed by atoms with Gasteiger partial charge in [0.15, 0.2) is 0 Å². The molecule has 2 heterocycles. The summed E-state index contributed by atoms with van der Waals surface area (Å²) in [5, 5.41) is 8.73. The van der Waals surface area contributed by atoms with Gasteiger partial charge in [0.1, 0.15) is 0 Å². The van der Waals surface area contributed by atoms with Crippen LogP contribution in [0.25, 0.3) is 0 Å². The second-order valence-corrected chi connectivity index (χ2v) is 5.95. The quantitative estimate of drug-likeness (QED) is 0.725. The topological polar surface area (TPSA) is 86.4 Å². The molecule has 0 spiro atoms. The number of aromatic nitrogens is 1. The van der Waals surface area contributed by atoms with Crippen LogP contribution in [0.3, 0.4) is 0 Å². The lowest BCUT2D eigenvalue weighted by molar-refractivity contribution is -0.125. The van der Waals surface area contributed by atoms with Crippen LogP contribution in [0.2, 0.25) is 0 Å². The maximum atomic E-state index is 12.3. The van der Waals surface area contributed by atoms with Gasteiger partial charge in [-0.2, -0.15) is 0 Å². The molecular formula is C16H25N5O2. The number of aryl methyl sites for hydroxylation is 3. The second-order valence-electron chi connectivity index (χ2n) is 5.95. The Labute approximate surface area is 136 Å². The van der Waals surface area contributed by atoms with Crippen LogP contribution in [-0.2, 0) is 9.59 Å². The minimum Gasteiger partial charge on any atom is -0.358 e. The van der Waals surface area contributed by atoms with Crippen molar-refractivity contribution in [2.24, 2.45) is 0 Å². The molecule has 0 saturated carbocycles. The molecule has 1 saturated heterocycles. The number of pyridine rings is 1. The van der Waals surface area contributed by atoms with Gasteiger partial charge in [-0.05, 0) is 32.4 Å². The highest BCUT2D eigenvalue weighted by Crippen LogP contribution is 2.19. The first-order chi connectivity index (χ1) is 10.9. The monoisotopic (exact) mass is 319 g/mol. The maximum Gasteiger partial charge on any atom is 0.238 e. The summed E-state index contributed by atoms with van der Waals surface area (Å²) in [6.45, 7) is 8.01. The van der Waals surface area contributed by atoms with Crippen molar-refractivity contribution in [2.75, 3.05) is 38.5 Å². The van der Waals surface area contributed by atoms with E-state index in [4.69, 9.17) is 0 Å². The summed E-state index contributed by atoms with van der Waals surface area (Å²) in [4.78, 5) is 30.4. The van der Waals surface area contributed by atoms with Crippen LogP contribution in [0, 0.1) is 20.8 Å². The van der Waals surface area contributed by atoms with Gasteiger partial charge in [-0.25, -0.2) is 0 Å². The molecule has 7 heteroatoms. The number of amides is 2. The van der Waals surface area contributed by atoms with Gasteiger partial charge in [-0.3, -0.25) is 19.5 Å². The van der Waals surface area contributed by atoms with E-state index >= 15 is 0 Å². The number of carbonyl (C=O) groups is 2. The third-order valence-electron chi connectivity index (χ3n) is 3.98. The number of likely N-dealkylation sites (N-methyl/N-ethyl adjacent to an activating group) is 1. The van der Waals surface area contributed by atoms with Gasteiger partial charge in [0.05, 0.1) is 24.0 Å². The van der Waals surface area contributed by atoms with Gasteiger partial charge < -0.3 is 16.0 Å². The zero-order valence-electron chi connectivity index (χ0n) is 14.2. The largest absolute Gasteiger partial charge is 0.358 e. The van der Waals surface area contributed by atoms with E-state index in [9.17, 15) is 9.59 Å². The van der Waals surface area contributed by atoms with E-state index in [2.05, 4.69) is 20.9 Å². The number of nitrogens with zero attached hydrogens (tertiary/aromatic N) is 2. The molecular weight excluding hydrogens is 294 g/mol. The molecule has 126 valence electrons. The van der Waals surface area contributed by atoms with Crippen molar-refractivity contribution in [3.63, 3.8) is 0 Å².